The summed E-state index contributed by atoms with van der Waals surface area (Å²) in [5.41, 5.74) is 5.27. The van der Waals surface area contributed by atoms with Gasteiger partial charge in [0.05, 0.1) is 11.9 Å². The van der Waals surface area contributed by atoms with Crippen molar-refractivity contribution >= 4 is 17.4 Å². The van der Waals surface area contributed by atoms with E-state index in [-0.39, 0.29) is 11.8 Å². The van der Waals surface area contributed by atoms with Gasteiger partial charge < -0.3 is 10.6 Å². The van der Waals surface area contributed by atoms with Crippen molar-refractivity contribution in [2.75, 3.05) is 11.9 Å². The number of amides is 2. The van der Waals surface area contributed by atoms with Crippen LogP contribution in [0.25, 0.3) is 28.0 Å². The first-order chi connectivity index (χ1) is 14.5. The van der Waals surface area contributed by atoms with Crippen LogP contribution < -0.4 is 10.6 Å². The molecule has 2 aromatic carbocycles. The number of urea groups is 1. The number of nitrogens with one attached hydrogen (secondary N) is 2. The molecule has 0 atom stereocenters. The zero-order valence-electron chi connectivity index (χ0n) is 16.9. The van der Waals surface area contributed by atoms with E-state index >= 15 is 0 Å². The van der Waals surface area contributed by atoms with E-state index < -0.39 is 0 Å². The van der Waals surface area contributed by atoms with Gasteiger partial charge in [0.15, 0.2) is 0 Å². The lowest BCUT2D eigenvalue weighted by atomic mass is 10.1. The Hall–Kier alpha value is -3.67. The average molecular weight is 402 g/mol. The Morgan fingerprint density at radius 1 is 1.03 bits per heavy atom. The molecule has 4 rings (SSSR count). The van der Waals surface area contributed by atoms with Gasteiger partial charge in [-0.2, -0.15) is 0 Å². The van der Waals surface area contributed by atoms with Crippen LogP contribution in [-0.2, 0) is 0 Å². The maximum absolute atomic E-state index is 13.2. The van der Waals surface area contributed by atoms with E-state index in [9.17, 15) is 9.18 Å². The summed E-state index contributed by atoms with van der Waals surface area (Å²) in [6, 6.07) is 17.8. The highest BCUT2D eigenvalue weighted by Crippen LogP contribution is 2.27. The second-order valence-electron chi connectivity index (χ2n) is 7.60. The Kier molecular flexibility index (Phi) is 5.48. The number of halogens is 1. The van der Waals surface area contributed by atoms with E-state index in [1.165, 1.54) is 12.1 Å². The van der Waals surface area contributed by atoms with Gasteiger partial charge in [-0.1, -0.05) is 38.1 Å². The Morgan fingerprint density at radius 2 is 1.83 bits per heavy atom. The van der Waals surface area contributed by atoms with Crippen LogP contribution in [0.2, 0.25) is 0 Å². The summed E-state index contributed by atoms with van der Waals surface area (Å²) >= 11 is 0. The molecule has 6 heteroatoms. The summed E-state index contributed by atoms with van der Waals surface area (Å²) in [4.78, 5) is 16.6. The summed E-state index contributed by atoms with van der Waals surface area (Å²) in [6.07, 6.45) is 3.76. The molecule has 0 fully saturated rings. The van der Waals surface area contributed by atoms with E-state index in [0.717, 1.165) is 28.0 Å². The highest BCUT2D eigenvalue weighted by atomic mass is 19.1. The zero-order chi connectivity index (χ0) is 21.1. The lowest BCUT2D eigenvalue weighted by molar-refractivity contribution is 0.251. The minimum absolute atomic E-state index is 0.220. The molecule has 2 aromatic heterocycles. The van der Waals surface area contributed by atoms with Crippen LogP contribution in [0.15, 0.2) is 73.1 Å². The van der Waals surface area contributed by atoms with Crippen molar-refractivity contribution < 1.29 is 9.18 Å². The summed E-state index contributed by atoms with van der Waals surface area (Å²) in [6.45, 7) is 4.72. The van der Waals surface area contributed by atoms with Crippen LogP contribution in [0.3, 0.4) is 0 Å². The monoisotopic (exact) mass is 402 g/mol. The maximum Gasteiger partial charge on any atom is 0.319 e. The lowest BCUT2D eigenvalue weighted by Crippen LogP contribution is -2.31. The Labute approximate surface area is 174 Å². The molecule has 0 bridgehead atoms. The molecule has 0 aliphatic rings. The van der Waals surface area contributed by atoms with Crippen LogP contribution in [-0.4, -0.2) is 22.0 Å². The normalized spacial score (nSPS) is 11.1. The molecule has 0 radical (unpaired) electrons. The minimum Gasteiger partial charge on any atom is -0.338 e. The fraction of sp³-hybridized carbons (Fsp3) is 0.167. The van der Waals surface area contributed by atoms with Crippen LogP contribution in [0.4, 0.5) is 14.9 Å². The molecular weight excluding hydrogens is 379 g/mol. The molecule has 0 saturated carbocycles. The highest BCUT2D eigenvalue weighted by molar-refractivity contribution is 5.90. The van der Waals surface area contributed by atoms with Crippen molar-refractivity contribution in [3.05, 3.63) is 78.9 Å². The predicted octanol–water partition coefficient (Wildman–Crippen LogP) is 5.58. The molecule has 5 nitrogen and oxygen atoms in total. The number of rotatable bonds is 5. The second kappa shape index (κ2) is 8.37. The Balaban J connectivity index is 1.59. The number of fused-ring (bicyclic) bond motifs is 1. The third-order valence-electron chi connectivity index (χ3n) is 4.78. The number of hydrogen-bond donors (Lipinski definition) is 2. The van der Waals surface area contributed by atoms with Gasteiger partial charge in [-0.05, 0) is 53.4 Å². The molecule has 0 aliphatic carbocycles. The number of hydrogen-bond acceptors (Lipinski definition) is 2. The Bertz CT molecular complexity index is 1180. The summed E-state index contributed by atoms with van der Waals surface area (Å²) in [5.74, 6) is 0.134. The molecule has 152 valence electrons. The Morgan fingerprint density at radius 3 is 2.60 bits per heavy atom. The van der Waals surface area contributed by atoms with E-state index in [2.05, 4.69) is 15.6 Å². The number of imidazole rings is 1. The molecule has 0 aliphatic heterocycles. The first-order valence-corrected chi connectivity index (χ1v) is 9.88. The summed E-state index contributed by atoms with van der Waals surface area (Å²) in [5, 5.41) is 5.72. The largest absolute Gasteiger partial charge is 0.338 e. The van der Waals surface area contributed by atoms with Gasteiger partial charge >= 0.3 is 6.03 Å². The van der Waals surface area contributed by atoms with Crippen molar-refractivity contribution in [2.24, 2.45) is 5.92 Å². The third kappa shape index (κ3) is 4.33. The van der Waals surface area contributed by atoms with E-state index in [1.807, 2.05) is 67.0 Å². The van der Waals surface area contributed by atoms with E-state index in [4.69, 9.17) is 0 Å². The fourth-order valence-corrected chi connectivity index (χ4v) is 3.24. The molecular formula is C24H23FN4O. The van der Waals surface area contributed by atoms with E-state index in [0.29, 0.717) is 18.2 Å². The SMILES string of the molecule is CC(C)CNC(=O)Nc1cccc(-c2cnc3cc(-c4ccc(F)cc4)ccn23)c1. The standard InChI is InChI=1S/C24H23FN4O/c1-16(2)14-27-24(30)28-21-5-3-4-19(12-21)22-15-26-23-13-18(10-11-29(22)23)17-6-8-20(25)9-7-17/h3-13,15-16H,14H2,1-2H3,(H2,27,28,30). The van der Waals surface area contributed by atoms with Crippen LogP contribution >= 0.6 is 0 Å². The summed E-state index contributed by atoms with van der Waals surface area (Å²) < 4.78 is 15.2. The smallest absolute Gasteiger partial charge is 0.319 e. The molecule has 0 unspecified atom stereocenters. The first-order valence-electron chi connectivity index (χ1n) is 9.88. The molecule has 2 amide bonds. The zero-order valence-corrected chi connectivity index (χ0v) is 16.9. The van der Waals surface area contributed by atoms with Gasteiger partial charge in [0, 0.05) is 24.0 Å². The average Bonchev–Trinajstić information content (AvgIpc) is 3.16. The molecule has 4 aromatic rings. The predicted molar refractivity (Wildman–Crippen MR) is 118 cm³/mol. The first kappa shape index (κ1) is 19.6. The molecule has 2 N–H and O–H groups in total. The highest BCUT2D eigenvalue weighted by Gasteiger charge is 2.09. The van der Waals surface area contributed by atoms with Crippen molar-refractivity contribution in [1.82, 2.24) is 14.7 Å². The van der Waals surface area contributed by atoms with Crippen molar-refractivity contribution in [3.8, 4) is 22.4 Å². The minimum atomic E-state index is -0.255. The number of carbonyl (C=O) groups excluding carboxylic acids is 1. The van der Waals surface area contributed by atoms with Crippen molar-refractivity contribution in [3.63, 3.8) is 0 Å². The molecule has 2 heterocycles. The van der Waals surface area contributed by atoms with Crippen LogP contribution in [0.5, 0.6) is 0 Å². The topological polar surface area (TPSA) is 58.4 Å². The molecule has 0 saturated heterocycles. The fourth-order valence-electron chi connectivity index (χ4n) is 3.24. The lowest BCUT2D eigenvalue weighted by Gasteiger charge is -2.10. The number of nitrogens with zero attached hydrogens (tertiary/aromatic N) is 2. The van der Waals surface area contributed by atoms with Gasteiger partial charge in [0.2, 0.25) is 0 Å². The number of benzene rings is 2. The van der Waals surface area contributed by atoms with Gasteiger partial charge in [-0.25, -0.2) is 14.2 Å². The van der Waals surface area contributed by atoms with Gasteiger partial charge in [-0.15, -0.1) is 0 Å². The third-order valence-corrected chi connectivity index (χ3v) is 4.78. The van der Waals surface area contributed by atoms with Crippen LogP contribution in [0, 0.1) is 11.7 Å². The maximum atomic E-state index is 13.2. The summed E-state index contributed by atoms with van der Waals surface area (Å²) in [7, 11) is 0. The van der Waals surface area contributed by atoms with Gasteiger partial charge in [0.1, 0.15) is 11.5 Å². The number of pyridine rings is 1. The number of anilines is 1. The molecule has 30 heavy (non-hydrogen) atoms. The quantitative estimate of drug-likeness (QED) is 0.457. The van der Waals surface area contributed by atoms with Gasteiger partial charge in [-0.3, -0.25) is 4.40 Å². The second-order valence-corrected chi connectivity index (χ2v) is 7.60. The van der Waals surface area contributed by atoms with Crippen molar-refractivity contribution in [1.29, 1.82) is 0 Å². The molecule has 0 spiro atoms. The number of carbonyl (C=O) groups is 1. The number of aromatic nitrogens is 2. The van der Waals surface area contributed by atoms with Crippen LogP contribution in [0.1, 0.15) is 13.8 Å². The van der Waals surface area contributed by atoms with Crippen molar-refractivity contribution in [2.45, 2.75) is 13.8 Å². The van der Waals surface area contributed by atoms with Gasteiger partial charge in [0.25, 0.3) is 0 Å². The van der Waals surface area contributed by atoms with E-state index in [1.54, 1.807) is 12.1 Å².